The minimum absolute atomic E-state index is 0.0470. The zero-order valence-electron chi connectivity index (χ0n) is 14.7. The van der Waals surface area contributed by atoms with Gasteiger partial charge >= 0.3 is 5.69 Å². The van der Waals surface area contributed by atoms with Gasteiger partial charge in [-0.1, -0.05) is 30.3 Å². The van der Waals surface area contributed by atoms with Crippen LogP contribution >= 0.6 is 9.03 Å². The smallest absolute Gasteiger partial charge is 0.330 e. The van der Waals surface area contributed by atoms with Gasteiger partial charge in [-0.25, -0.2) is 4.79 Å². The lowest BCUT2D eigenvalue weighted by atomic mass is 10.1. The van der Waals surface area contributed by atoms with E-state index in [0.717, 1.165) is 13.0 Å². The molecule has 0 bridgehead atoms. The molecule has 9 heteroatoms. The van der Waals surface area contributed by atoms with Crippen LogP contribution in [0.1, 0.15) is 37.2 Å². The number of aromatic nitrogens is 2. The normalized spacial score (nSPS) is 25.7. The first-order valence-electron chi connectivity index (χ1n) is 8.82. The molecule has 1 aromatic heterocycles. The lowest BCUT2D eigenvalue weighted by molar-refractivity contribution is -0.0246. The summed E-state index contributed by atoms with van der Waals surface area (Å²) in [5.41, 5.74) is 0.354. The summed E-state index contributed by atoms with van der Waals surface area (Å²) in [5.74, 6) is 0. The van der Waals surface area contributed by atoms with E-state index in [9.17, 15) is 9.59 Å². The van der Waals surface area contributed by atoms with Gasteiger partial charge < -0.3 is 18.9 Å². The minimum atomic E-state index is -0.480. The Balaban J connectivity index is 0.000000159. The van der Waals surface area contributed by atoms with Gasteiger partial charge in [0.25, 0.3) is 5.56 Å². The quantitative estimate of drug-likeness (QED) is 0.771. The molecular weight excluding hydrogens is 371 g/mol. The number of aromatic amines is 1. The molecule has 2 aromatic rings. The molecule has 4 rings (SSSR count). The van der Waals surface area contributed by atoms with Crippen molar-refractivity contribution in [3.05, 3.63) is 69.0 Å². The number of aliphatic hydroxyl groups is 1. The molecule has 2 fully saturated rings. The molecule has 27 heavy (non-hydrogen) atoms. The molecule has 0 spiro atoms. The third-order valence-corrected chi connectivity index (χ3v) is 5.06. The lowest BCUT2D eigenvalue weighted by Crippen LogP contribution is -2.31. The summed E-state index contributed by atoms with van der Waals surface area (Å²) in [4.78, 5) is 24.4. The standard InChI is InChI=1S/C9H12N2O4.C9H11O2P/c12-5-6-1-2-8(15-6)11-4-3-7(13)10-9(11)14;1-2-4-8(5-3-1)9-6-7-10-12-11-9/h3-4,6,8,12H,1-2,5H2,(H,10,13,14);1-5,9,12H,6-7H2/t;9-/m.0/s1. The van der Waals surface area contributed by atoms with Crippen LogP contribution in [0.3, 0.4) is 0 Å². The van der Waals surface area contributed by atoms with E-state index in [2.05, 4.69) is 17.1 Å². The fourth-order valence-corrected chi connectivity index (χ4v) is 3.58. The van der Waals surface area contributed by atoms with E-state index in [0.29, 0.717) is 12.8 Å². The minimum Gasteiger partial charge on any atom is -0.394 e. The van der Waals surface area contributed by atoms with Crippen molar-refractivity contribution in [3.63, 3.8) is 0 Å². The zero-order chi connectivity index (χ0) is 19.1. The first-order chi connectivity index (χ1) is 13.2. The Kier molecular flexibility index (Phi) is 7.32. The van der Waals surface area contributed by atoms with Crippen molar-refractivity contribution in [2.45, 2.75) is 37.7 Å². The van der Waals surface area contributed by atoms with Crippen LogP contribution in [0, 0.1) is 0 Å². The van der Waals surface area contributed by atoms with Crippen molar-refractivity contribution < 1.29 is 18.9 Å². The highest BCUT2D eigenvalue weighted by atomic mass is 31.1. The van der Waals surface area contributed by atoms with E-state index >= 15 is 0 Å². The fourth-order valence-electron chi connectivity index (χ4n) is 2.94. The summed E-state index contributed by atoms with van der Waals surface area (Å²) >= 11 is 0. The topological polar surface area (TPSA) is 103 Å². The highest BCUT2D eigenvalue weighted by Crippen LogP contribution is 2.34. The maximum atomic E-state index is 11.4. The number of hydrogen-bond acceptors (Lipinski definition) is 6. The lowest BCUT2D eigenvalue weighted by Gasteiger charge is -2.22. The molecule has 4 atom stereocenters. The van der Waals surface area contributed by atoms with E-state index in [-0.39, 0.29) is 34.1 Å². The number of aliphatic hydroxyl groups excluding tert-OH is 1. The van der Waals surface area contributed by atoms with Crippen molar-refractivity contribution in [1.82, 2.24) is 9.55 Å². The summed E-state index contributed by atoms with van der Waals surface area (Å²) in [7, 11) is 0.208. The molecule has 0 aliphatic carbocycles. The third-order valence-electron chi connectivity index (χ3n) is 4.35. The highest BCUT2D eigenvalue weighted by Gasteiger charge is 2.26. The van der Waals surface area contributed by atoms with Crippen LogP contribution < -0.4 is 11.2 Å². The van der Waals surface area contributed by atoms with Crippen LogP contribution in [0.4, 0.5) is 0 Å². The summed E-state index contributed by atoms with van der Waals surface area (Å²) in [6, 6.07) is 11.6. The molecular formula is C18H23N2O6P. The third kappa shape index (κ3) is 5.57. The van der Waals surface area contributed by atoms with Gasteiger partial charge in [-0.3, -0.25) is 14.3 Å². The predicted molar refractivity (Wildman–Crippen MR) is 101 cm³/mol. The monoisotopic (exact) mass is 394 g/mol. The first kappa shape index (κ1) is 19.9. The predicted octanol–water partition coefficient (Wildman–Crippen LogP) is 1.88. The van der Waals surface area contributed by atoms with Crippen LogP contribution in [0.25, 0.3) is 0 Å². The molecule has 0 amide bonds. The van der Waals surface area contributed by atoms with Crippen molar-refractivity contribution >= 4 is 9.03 Å². The molecule has 3 unspecified atom stereocenters. The van der Waals surface area contributed by atoms with Crippen LogP contribution in [-0.2, 0) is 13.8 Å². The number of H-pyrrole nitrogens is 1. The molecule has 2 aliphatic heterocycles. The van der Waals surface area contributed by atoms with Crippen LogP contribution in [0.5, 0.6) is 0 Å². The second-order valence-corrected chi connectivity index (χ2v) is 6.92. The summed E-state index contributed by atoms with van der Waals surface area (Å²) in [6.07, 6.45) is 3.41. The Bertz CT molecular complexity index is 818. The number of ether oxygens (including phenoxy) is 1. The van der Waals surface area contributed by atoms with Gasteiger partial charge in [0.15, 0.2) is 9.03 Å². The molecule has 1 aromatic carbocycles. The summed E-state index contributed by atoms with van der Waals surface area (Å²) in [5, 5.41) is 8.87. The summed E-state index contributed by atoms with van der Waals surface area (Å²) < 4.78 is 17.3. The number of nitrogens with one attached hydrogen (secondary N) is 1. The zero-order valence-corrected chi connectivity index (χ0v) is 15.7. The van der Waals surface area contributed by atoms with E-state index in [1.807, 2.05) is 18.2 Å². The second kappa shape index (κ2) is 9.92. The van der Waals surface area contributed by atoms with Gasteiger partial charge in [0, 0.05) is 18.7 Å². The SMILES string of the molecule is O=c1ccn(C2CCC(CO)O2)c(=O)[nH]1.c1ccc([C@@H]2CCOPO2)cc1. The highest BCUT2D eigenvalue weighted by molar-refractivity contribution is 7.26. The van der Waals surface area contributed by atoms with E-state index in [4.69, 9.17) is 18.9 Å². The molecule has 3 heterocycles. The second-order valence-electron chi connectivity index (χ2n) is 6.23. The Morgan fingerprint density at radius 2 is 1.96 bits per heavy atom. The van der Waals surface area contributed by atoms with Crippen molar-refractivity contribution in [2.75, 3.05) is 13.2 Å². The van der Waals surface area contributed by atoms with Gasteiger partial charge in [0.05, 0.1) is 25.4 Å². The van der Waals surface area contributed by atoms with E-state index in [1.54, 1.807) is 0 Å². The fraction of sp³-hybridized carbons (Fsp3) is 0.444. The van der Waals surface area contributed by atoms with Crippen LogP contribution in [0.2, 0.25) is 0 Å². The van der Waals surface area contributed by atoms with Crippen LogP contribution in [0.15, 0.2) is 52.2 Å². The van der Waals surface area contributed by atoms with Gasteiger partial charge in [-0.15, -0.1) is 0 Å². The molecule has 0 saturated carbocycles. The van der Waals surface area contributed by atoms with Crippen molar-refractivity contribution in [1.29, 1.82) is 0 Å². The Hall–Kier alpha value is -1.83. The van der Waals surface area contributed by atoms with Crippen molar-refractivity contribution in [2.24, 2.45) is 0 Å². The molecule has 2 N–H and O–H groups in total. The van der Waals surface area contributed by atoms with Gasteiger partial charge in [0.2, 0.25) is 0 Å². The molecule has 8 nitrogen and oxygen atoms in total. The number of benzene rings is 1. The van der Waals surface area contributed by atoms with Crippen LogP contribution in [-0.4, -0.2) is 34.0 Å². The number of nitrogens with zero attached hydrogens (tertiary/aromatic N) is 1. The average Bonchev–Trinajstić information content (AvgIpc) is 3.19. The molecule has 2 saturated heterocycles. The maximum Gasteiger partial charge on any atom is 0.330 e. The first-order valence-corrected chi connectivity index (χ1v) is 9.64. The Morgan fingerprint density at radius 1 is 1.15 bits per heavy atom. The number of hydrogen-bond donors (Lipinski definition) is 2. The Morgan fingerprint density at radius 3 is 2.59 bits per heavy atom. The number of rotatable bonds is 3. The molecule has 2 aliphatic rings. The summed E-state index contributed by atoms with van der Waals surface area (Å²) in [6.45, 7) is 0.770. The molecule has 0 radical (unpaired) electrons. The average molecular weight is 394 g/mol. The van der Waals surface area contributed by atoms with E-state index in [1.165, 1.54) is 22.4 Å². The van der Waals surface area contributed by atoms with Gasteiger partial charge in [-0.05, 0) is 18.4 Å². The van der Waals surface area contributed by atoms with E-state index < -0.39 is 11.2 Å². The van der Waals surface area contributed by atoms with Gasteiger partial charge in [-0.2, -0.15) is 0 Å². The van der Waals surface area contributed by atoms with Gasteiger partial charge in [0.1, 0.15) is 6.23 Å². The maximum absolute atomic E-state index is 11.4. The largest absolute Gasteiger partial charge is 0.394 e. The van der Waals surface area contributed by atoms with Crippen molar-refractivity contribution in [3.8, 4) is 0 Å². The Labute approximate surface area is 158 Å². The molecule has 146 valence electrons.